The van der Waals surface area contributed by atoms with Gasteiger partial charge in [0.1, 0.15) is 28.6 Å². The fourth-order valence-electron chi connectivity index (χ4n) is 4.97. The van der Waals surface area contributed by atoms with Crippen LogP contribution in [0.1, 0.15) is 77.5 Å². The first kappa shape index (κ1) is 28.1. The zero-order chi connectivity index (χ0) is 28.4. The second-order valence-electron chi connectivity index (χ2n) is 11.4. The molecule has 1 N–H and O–H groups in total. The van der Waals surface area contributed by atoms with Gasteiger partial charge in [-0.3, -0.25) is 0 Å². The van der Waals surface area contributed by atoms with Crippen LogP contribution in [0.5, 0.6) is 5.75 Å². The molecule has 0 saturated carbocycles. The van der Waals surface area contributed by atoms with Gasteiger partial charge in [0.15, 0.2) is 0 Å². The molecule has 1 aromatic heterocycles. The average Bonchev–Trinajstić information content (AvgIpc) is 3.35. The molecule has 0 amide bonds. The summed E-state index contributed by atoms with van der Waals surface area (Å²) in [6.07, 6.45) is 2.21. The first-order chi connectivity index (χ1) is 18.5. The number of esters is 1. The molecule has 1 heterocycles. The van der Waals surface area contributed by atoms with Crippen LogP contribution in [0.15, 0.2) is 78.9 Å². The van der Waals surface area contributed by atoms with E-state index in [9.17, 15) is 9.90 Å². The van der Waals surface area contributed by atoms with Crippen LogP contribution in [0.2, 0.25) is 0 Å². The van der Waals surface area contributed by atoms with Crippen LogP contribution in [0.4, 0.5) is 0 Å². The molecule has 0 bridgehead atoms. The number of ether oxygens (including phenoxy) is 1. The van der Waals surface area contributed by atoms with E-state index >= 15 is 0 Å². The van der Waals surface area contributed by atoms with E-state index < -0.39 is 22.9 Å². The quantitative estimate of drug-likeness (QED) is 0.172. The molecule has 0 fully saturated rings. The van der Waals surface area contributed by atoms with Crippen LogP contribution in [-0.4, -0.2) is 32.2 Å². The number of hydrogen-bond acceptors (Lipinski definition) is 5. The maximum absolute atomic E-state index is 12.7. The van der Waals surface area contributed by atoms with Gasteiger partial charge in [0.05, 0.1) is 0 Å². The minimum absolute atomic E-state index is 0.118. The monoisotopic (exact) mass is 525 g/mol. The standard InChI is InChI=1S/C33H39N3O3/c1-8-9-19-29(39-31(38)22(2)3)33(6,7)24-20-25(32(4,5)23-15-11-10-12-16-23)30(37)28(21-24)36-34-26-17-13-14-18-27(26)35-36/h10-18,20-21,29,37H,2,8-9,19H2,1,3-7H3. The van der Waals surface area contributed by atoms with E-state index in [1.807, 2.05) is 54.6 Å². The van der Waals surface area contributed by atoms with Crippen molar-refractivity contribution in [3.63, 3.8) is 0 Å². The lowest BCUT2D eigenvalue weighted by Gasteiger charge is -2.36. The topological polar surface area (TPSA) is 77.2 Å². The fraction of sp³-hybridized carbons (Fsp3) is 0.364. The molecule has 6 heteroatoms. The molecule has 0 spiro atoms. The number of fused-ring (bicyclic) bond motifs is 1. The normalized spacial score (nSPS) is 12.9. The van der Waals surface area contributed by atoms with Gasteiger partial charge in [-0.25, -0.2) is 4.79 Å². The second-order valence-corrected chi connectivity index (χ2v) is 11.4. The minimum atomic E-state index is -0.586. The molecule has 39 heavy (non-hydrogen) atoms. The zero-order valence-corrected chi connectivity index (χ0v) is 23.9. The van der Waals surface area contributed by atoms with Crippen molar-refractivity contribution in [2.24, 2.45) is 0 Å². The van der Waals surface area contributed by atoms with E-state index in [1.54, 1.807) is 6.92 Å². The largest absolute Gasteiger partial charge is 0.505 e. The highest BCUT2D eigenvalue weighted by Crippen LogP contribution is 2.44. The Labute approximate surface area is 231 Å². The highest BCUT2D eigenvalue weighted by molar-refractivity contribution is 5.87. The van der Waals surface area contributed by atoms with Crippen LogP contribution in [0.25, 0.3) is 16.7 Å². The first-order valence-corrected chi connectivity index (χ1v) is 13.6. The predicted molar refractivity (Wildman–Crippen MR) is 156 cm³/mol. The highest BCUT2D eigenvalue weighted by atomic mass is 16.5. The van der Waals surface area contributed by atoms with Crippen LogP contribution in [0.3, 0.4) is 0 Å². The molecule has 0 aliphatic carbocycles. The summed E-state index contributed by atoms with van der Waals surface area (Å²) in [4.78, 5) is 14.2. The SMILES string of the molecule is C=C(C)C(=O)OC(CCCC)C(C)(C)c1cc(-n2nc3ccccc3n2)c(O)c(C(C)(C)c2ccccc2)c1. The lowest BCUT2D eigenvalue weighted by molar-refractivity contribution is -0.148. The molecule has 4 aromatic rings. The number of carbonyl (C=O) groups excluding carboxylic acids is 1. The van der Waals surface area contributed by atoms with Crippen LogP contribution < -0.4 is 0 Å². The van der Waals surface area contributed by atoms with Crippen molar-refractivity contribution < 1.29 is 14.6 Å². The smallest absolute Gasteiger partial charge is 0.333 e. The van der Waals surface area contributed by atoms with Gasteiger partial charge < -0.3 is 9.84 Å². The Balaban J connectivity index is 1.94. The summed E-state index contributed by atoms with van der Waals surface area (Å²) in [5, 5.41) is 21.1. The Hall–Kier alpha value is -3.93. The Morgan fingerprint density at radius 3 is 2.13 bits per heavy atom. The van der Waals surface area contributed by atoms with Crippen molar-refractivity contribution in [1.29, 1.82) is 0 Å². The van der Waals surface area contributed by atoms with Crippen molar-refractivity contribution >= 4 is 17.0 Å². The molecule has 204 valence electrons. The maximum atomic E-state index is 12.7. The third kappa shape index (κ3) is 5.60. The lowest BCUT2D eigenvalue weighted by Crippen LogP contribution is -2.38. The van der Waals surface area contributed by atoms with E-state index in [4.69, 9.17) is 4.74 Å². The molecule has 0 saturated heterocycles. The van der Waals surface area contributed by atoms with E-state index in [0.717, 1.165) is 40.6 Å². The molecule has 0 aliphatic heterocycles. The van der Waals surface area contributed by atoms with Crippen LogP contribution >= 0.6 is 0 Å². The molecule has 1 unspecified atom stereocenters. The van der Waals surface area contributed by atoms with Crippen molar-refractivity contribution in [3.8, 4) is 11.4 Å². The van der Waals surface area contributed by atoms with E-state index in [2.05, 4.69) is 63.5 Å². The van der Waals surface area contributed by atoms with Gasteiger partial charge in [-0.1, -0.05) is 103 Å². The summed E-state index contributed by atoms with van der Waals surface area (Å²) in [6, 6.07) is 21.7. The second kappa shape index (κ2) is 11.0. The maximum Gasteiger partial charge on any atom is 0.333 e. The molecular weight excluding hydrogens is 486 g/mol. The number of rotatable bonds is 10. The van der Waals surface area contributed by atoms with E-state index in [0.29, 0.717) is 17.7 Å². The van der Waals surface area contributed by atoms with Gasteiger partial charge >= 0.3 is 5.97 Å². The molecule has 1 atom stereocenters. The number of benzene rings is 3. The Morgan fingerprint density at radius 1 is 0.974 bits per heavy atom. The zero-order valence-electron chi connectivity index (χ0n) is 23.9. The number of hydrogen-bond donors (Lipinski definition) is 1. The summed E-state index contributed by atoms with van der Waals surface area (Å²) < 4.78 is 6.03. The van der Waals surface area contributed by atoms with E-state index in [1.165, 1.54) is 4.80 Å². The molecule has 3 aromatic carbocycles. The minimum Gasteiger partial charge on any atom is -0.505 e. The number of carbonyl (C=O) groups is 1. The summed E-state index contributed by atoms with van der Waals surface area (Å²) >= 11 is 0. The summed E-state index contributed by atoms with van der Waals surface area (Å²) in [7, 11) is 0. The third-order valence-electron chi connectivity index (χ3n) is 7.73. The summed E-state index contributed by atoms with van der Waals surface area (Å²) in [6.45, 7) is 15.9. The third-order valence-corrected chi connectivity index (χ3v) is 7.73. The highest BCUT2D eigenvalue weighted by Gasteiger charge is 2.37. The Morgan fingerprint density at radius 2 is 1.56 bits per heavy atom. The van der Waals surface area contributed by atoms with Gasteiger partial charge in [0.25, 0.3) is 0 Å². The van der Waals surface area contributed by atoms with E-state index in [-0.39, 0.29) is 5.75 Å². The van der Waals surface area contributed by atoms with Crippen molar-refractivity contribution in [3.05, 3.63) is 95.6 Å². The average molecular weight is 526 g/mol. The molecule has 0 aliphatic rings. The van der Waals surface area contributed by atoms with Gasteiger partial charge in [-0.15, -0.1) is 15.0 Å². The number of phenols is 1. The number of phenolic OH excluding ortho intramolecular Hbond substituents is 1. The lowest BCUT2D eigenvalue weighted by atomic mass is 9.72. The molecule has 4 rings (SSSR count). The molecule has 0 radical (unpaired) electrons. The molecular formula is C33H39N3O3. The summed E-state index contributed by atoms with van der Waals surface area (Å²) in [5.74, 6) is -0.277. The van der Waals surface area contributed by atoms with Crippen molar-refractivity contribution in [2.75, 3.05) is 0 Å². The van der Waals surface area contributed by atoms with Gasteiger partial charge in [0, 0.05) is 22.0 Å². The molecule has 6 nitrogen and oxygen atoms in total. The Kier molecular flexibility index (Phi) is 7.96. The first-order valence-electron chi connectivity index (χ1n) is 13.6. The van der Waals surface area contributed by atoms with Crippen molar-refractivity contribution in [1.82, 2.24) is 15.0 Å². The number of nitrogens with zero attached hydrogens (tertiary/aromatic N) is 3. The van der Waals surface area contributed by atoms with Crippen LogP contribution in [-0.2, 0) is 20.4 Å². The van der Waals surface area contributed by atoms with Gasteiger partial charge in [0.2, 0.25) is 0 Å². The Bertz CT molecular complexity index is 1450. The van der Waals surface area contributed by atoms with Gasteiger partial charge in [-0.05, 0) is 42.7 Å². The number of unbranched alkanes of at least 4 members (excludes halogenated alkanes) is 1. The fourth-order valence-corrected chi connectivity index (χ4v) is 4.97. The number of aromatic hydroxyl groups is 1. The predicted octanol–water partition coefficient (Wildman–Crippen LogP) is 7.41. The number of aromatic nitrogens is 3. The van der Waals surface area contributed by atoms with Crippen LogP contribution in [0, 0.1) is 0 Å². The van der Waals surface area contributed by atoms with Crippen molar-refractivity contribution in [2.45, 2.75) is 77.7 Å². The van der Waals surface area contributed by atoms with Gasteiger partial charge in [-0.2, -0.15) is 0 Å². The summed E-state index contributed by atoms with van der Waals surface area (Å²) in [5.41, 5.74) is 3.94.